The van der Waals surface area contributed by atoms with E-state index in [4.69, 9.17) is 5.11 Å². The largest absolute Gasteiger partial charge is 0.481 e. The number of carboxylic acid groups (broad SMARTS) is 1. The maximum absolute atomic E-state index is 11.3. The number of aliphatic carboxylic acids is 1. The predicted molar refractivity (Wildman–Crippen MR) is 56.7 cm³/mol. The SMILES string of the molecule is Cc1ccccc1NC(=O)CCC(=O)O. The van der Waals surface area contributed by atoms with Crippen molar-refractivity contribution in [2.75, 3.05) is 5.32 Å². The molecule has 4 heteroatoms. The average Bonchev–Trinajstić information content (AvgIpc) is 2.18. The lowest BCUT2D eigenvalue weighted by Crippen LogP contribution is -2.13. The van der Waals surface area contributed by atoms with Gasteiger partial charge in [0, 0.05) is 12.1 Å². The molecule has 1 amide bonds. The summed E-state index contributed by atoms with van der Waals surface area (Å²) >= 11 is 0. The molecule has 0 aromatic heterocycles. The average molecular weight is 207 g/mol. The van der Waals surface area contributed by atoms with Gasteiger partial charge in [0.05, 0.1) is 6.42 Å². The number of benzene rings is 1. The van der Waals surface area contributed by atoms with Crippen LogP contribution in [0.1, 0.15) is 18.4 Å². The highest BCUT2D eigenvalue weighted by Crippen LogP contribution is 2.13. The fraction of sp³-hybridized carbons (Fsp3) is 0.273. The van der Waals surface area contributed by atoms with Crippen molar-refractivity contribution in [3.8, 4) is 0 Å². The molecular formula is C11H13NO3. The number of carbonyl (C=O) groups is 2. The molecule has 0 aliphatic rings. The quantitative estimate of drug-likeness (QED) is 0.791. The molecule has 0 atom stereocenters. The van der Waals surface area contributed by atoms with E-state index in [0.717, 1.165) is 11.3 Å². The highest BCUT2D eigenvalue weighted by molar-refractivity contribution is 5.93. The third-order valence-electron chi connectivity index (χ3n) is 1.99. The lowest BCUT2D eigenvalue weighted by atomic mass is 10.2. The molecule has 0 unspecified atom stereocenters. The van der Waals surface area contributed by atoms with Gasteiger partial charge in [-0.05, 0) is 18.6 Å². The summed E-state index contributed by atoms with van der Waals surface area (Å²) in [6.45, 7) is 1.88. The van der Waals surface area contributed by atoms with Crippen molar-refractivity contribution < 1.29 is 14.7 Å². The van der Waals surface area contributed by atoms with Crippen molar-refractivity contribution in [2.24, 2.45) is 0 Å². The van der Waals surface area contributed by atoms with E-state index in [0.29, 0.717) is 0 Å². The number of hydrogen-bond donors (Lipinski definition) is 2. The first-order valence-electron chi connectivity index (χ1n) is 4.67. The standard InChI is InChI=1S/C11H13NO3/c1-8-4-2-3-5-9(8)12-10(13)6-7-11(14)15/h2-5H,6-7H2,1H3,(H,12,13)(H,14,15). The number of nitrogens with one attached hydrogen (secondary N) is 1. The number of carboxylic acids is 1. The Bertz CT molecular complexity index is 374. The molecule has 0 bridgehead atoms. The van der Waals surface area contributed by atoms with Gasteiger partial charge in [-0.3, -0.25) is 9.59 Å². The molecule has 0 fully saturated rings. The van der Waals surface area contributed by atoms with Crippen LogP contribution in [0.4, 0.5) is 5.69 Å². The normalized spacial score (nSPS) is 9.67. The van der Waals surface area contributed by atoms with E-state index in [2.05, 4.69) is 5.32 Å². The molecule has 1 aromatic rings. The number of amides is 1. The number of anilines is 1. The molecule has 0 heterocycles. The third-order valence-corrected chi connectivity index (χ3v) is 1.99. The lowest BCUT2D eigenvalue weighted by molar-refractivity contribution is -0.138. The van der Waals surface area contributed by atoms with Gasteiger partial charge < -0.3 is 10.4 Å². The monoisotopic (exact) mass is 207 g/mol. The first-order valence-corrected chi connectivity index (χ1v) is 4.67. The van der Waals surface area contributed by atoms with E-state index in [1.54, 1.807) is 6.07 Å². The van der Waals surface area contributed by atoms with E-state index < -0.39 is 5.97 Å². The smallest absolute Gasteiger partial charge is 0.303 e. The Morgan fingerprint density at radius 2 is 1.93 bits per heavy atom. The first-order chi connectivity index (χ1) is 7.09. The topological polar surface area (TPSA) is 66.4 Å². The molecule has 1 rings (SSSR count). The van der Waals surface area contributed by atoms with Gasteiger partial charge in [0.25, 0.3) is 0 Å². The van der Waals surface area contributed by atoms with Gasteiger partial charge in [-0.2, -0.15) is 0 Å². The second kappa shape index (κ2) is 5.14. The summed E-state index contributed by atoms with van der Waals surface area (Å²) < 4.78 is 0. The fourth-order valence-corrected chi connectivity index (χ4v) is 1.15. The van der Waals surface area contributed by atoms with Crippen molar-refractivity contribution in [1.82, 2.24) is 0 Å². The van der Waals surface area contributed by atoms with Gasteiger partial charge >= 0.3 is 5.97 Å². The molecule has 15 heavy (non-hydrogen) atoms. The van der Waals surface area contributed by atoms with Crippen LogP contribution in [-0.2, 0) is 9.59 Å². The Balaban J connectivity index is 2.52. The van der Waals surface area contributed by atoms with Crippen LogP contribution in [0.3, 0.4) is 0 Å². The molecule has 0 aliphatic heterocycles. The molecule has 4 nitrogen and oxygen atoms in total. The summed E-state index contributed by atoms with van der Waals surface area (Å²) in [4.78, 5) is 21.5. The zero-order valence-corrected chi connectivity index (χ0v) is 8.49. The van der Waals surface area contributed by atoms with Crippen LogP contribution >= 0.6 is 0 Å². The van der Waals surface area contributed by atoms with Crippen LogP contribution in [0.5, 0.6) is 0 Å². The summed E-state index contributed by atoms with van der Waals surface area (Å²) in [5.74, 6) is -1.23. The van der Waals surface area contributed by atoms with E-state index in [-0.39, 0.29) is 18.7 Å². The summed E-state index contributed by atoms with van der Waals surface area (Å²) in [6, 6.07) is 7.36. The molecule has 0 spiro atoms. The summed E-state index contributed by atoms with van der Waals surface area (Å²) in [5, 5.41) is 11.1. The van der Waals surface area contributed by atoms with Crippen LogP contribution in [-0.4, -0.2) is 17.0 Å². The lowest BCUT2D eigenvalue weighted by Gasteiger charge is -2.06. The Morgan fingerprint density at radius 3 is 2.53 bits per heavy atom. The highest BCUT2D eigenvalue weighted by atomic mass is 16.4. The van der Waals surface area contributed by atoms with Gasteiger partial charge in [0.1, 0.15) is 0 Å². The van der Waals surface area contributed by atoms with E-state index >= 15 is 0 Å². The van der Waals surface area contributed by atoms with E-state index in [9.17, 15) is 9.59 Å². The van der Waals surface area contributed by atoms with Gasteiger partial charge in [0.15, 0.2) is 0 Å². The van der Waals surface area contributed by atoms with Crippen LogP contribution in [0, 0.1) is 6.92 Å². The summed E-state index contributed by atoms with van der Waals surface area (Å²) in [6.07, 6.45) is -0.138. The molecule has 0 aliphatic carbocycles. The van der Waals surface area contributed by atoms with Crippen LogP contribution in [0.2, 0.25) is 0 Å². The number of rotatable bonds is 4. The van der Waals surface area contributed by atoms with Crippen molar-refractivity contribution >= 4 is 17.6 Å². The Morgan fingerprint density at radius 1 is 1.27 bits per heavy atom. The van der Waals surface area contributed by atoms with E-state index in [1.165, 1.54) is 0 Å². The van der Waals surface area contributed by atoms with Crippen molar-refractivity contribution in [3.05, 3.63) is 29.8 Å². The molecule has 0 radical (unpaired) electrons. The van der Waals surface area contributed by atoms with Crippen LogP contribution in [0.25, 0.3) is 0 Å². The molecule has 2 N–H and O–H groups in total. The molecule has 0 saturated carbocycles. The van der Waals surface area contributed by atoms with Crippen molar-refractivity contribution in [1.29, 1.82) is 0 Å². The van der Waals surface area contributed by atoms with Gasteiger partial charge in [-0.1, -0.05) is 18.2 Å². The summed E-state index contributed by atoms with van der Waals surface area (Å²) in [7, 11) is 0. The first kappa shape index (κ1) is 11.2. The maximum atomic E-state index is 11.3. The van der Waals surface area contributed by atoms with Crippen molar-refractivity contribution in [3.63, 3.8) is 0 Å². The minimum atomic E-state index is -0.963. The van der Waals surface area contributed by atoms with Gasteiger partial charge in [-0.15, -0.1) is 0 Å². The fourth-order valence-electron chi connectivity index (χ4n) is 1.15. The molecular weight excluding hydrogens is 194 g/mol. The van der Waals surface area contributed by atoms with Crippen LogP contribution in [0.15, 0.2) is 24.3 Å². The highest BCUT2D eigenvalue weighted by Gasteiger charge is 2.06. The second-order valence-electron chi connectivity index (χ2n) is 3.26. The Hall–Kier alpha value is -1.84. The Labute approximate surface area is 87.9 Å². The minimum Gasteiger partial charge on any atom is -0.481 e. The van der Waals surface area contributed by atoms with Crippen molar-refractivity contribution in [2.45, 2.75) is 19.8 Å². The predicted octanol–water partition coefficient (Wildman–Crippen LogP) is 1.80. The molecule has 1 aromatic carbocycles. The number of para-hydroxylation sites is 1. The number of carbonyl (C=O) groups excluding carboxylic acids is 1. The number of hydrogen-bond acceptors (Lipinski definition) is 2. The second-order valence-corrected chi connectivity index (χ2v) is 3.26. The zero-order valence-electron chi connectivity index (χ0n) is 8.49. The summed E-state index contributed by atoms with van der Waals surface area (Å²) in [5.41, 5.74) is 1.69. The molecule has 0 saturated heterocycles. The van der Waals surface area contributed by atoms with Gasteiger partial charge in [0.2, 0.25) is 5.91 Å². The third kappa shape index (κ3) is 3.81. The van der Waals surface area contributed by atoms with Crippen LogP contribution < -0.4 is 5.32 Å². The molecule has 80 valence electrons. The number of aryl methyl sites for hydroxylation is 1. The van der Waals surface area contributed by atoms with E-state index in [1.807, 2.05) is 25.1 Å². The zero-order chi connectivity index (χ0) is 11.3. The Kier molecular flexibility index (Phi) is 3.85. The minimum absolute atomic E-state index is 0.00364. The maximum Gasteiger partial charge on any atom is 0.303 e. The van der Waals surface area contributed by atoms with Gasteiger partial charge in [-0.25, -0.2) is 0 Å².